The maximum atomic E-state index is 12.3. The van der Waals surface area contributed by atoms with Crippen LogP contribution in [0, 0.1) is 0 Å². The number of rotatable bonds is 6. The molecule has 1 saturated heterocycles. The Kier molecular flexibility index (Phi) is 5.70. The molecule has 140 valence electrons. The predicted molar refractivity (Wildman–Crippen MR) is 91.2 cm³/mol. The van der Waals surface area contributed by atoms with Crippen LogP contribution < -0.4 is 19.5 Å². The molecule has 1 aliphatic heterocycles. The lowest BCUT2D eigenvalue weighted by Crippen LogP contribution is -2.50. The molecule has 0 aliphatic carbocycles. The molecule has 1 aliphatic rings. The zero-order valence-electron chi connectivity index (χ0n) is 13.3. The lowest BCUT2D eigenvalue weighted by molar-refractivity contribution is -0.274. The average Bonchev–Trinajstić information content (AvgIpc) is 2.51. The highest BCUT2D eigenvalue weighted by Gasteiger charge is 2.32. The Morgan fingerprint density at radius 2 is 1.73 bits per heavy atom. The predicted octanol–water partition coefficient (Wildman–Crippen LogP) is 4.82. The minimum absolute atomic E-state index is 0.0454. The van der Waals surface area contributed by atoms with Gasteiger partial charge in [-0.2, -0.15) is 0 Å². The molecular formula is C17H14Cl2F3NO3. The summed E-state index contributed by atoms with van der Waals surface area (Å²) in [7, 11) is 0. The first-order chi connectivity index (χ1) is 12.3. The van der Waals surface area contributed by atoms with Gasteiger partial charge >= 0.3 is 6.36 Å². The van der Waals surface area contributed by atoms with E-state index in [1.54, 1.807) is 18.2 Å². The van der Waals surface area contributed by atoms with E-state index in [2.05, 4.69) is 10.1 Å². The SMILES string of the molecule is FC(F)(F)Oc1ccc(COc2ccc(Cl)cc2OC2CNC2)cc1Cl. The summed E-state index contributed by atoms with van der Waals surface area (Å²) in [6.45, 7) is 1.57. The van der Waals surface area contributed by atoms with E-state index in [1.165, 1.54) is 12.1 Å². The number of benzene rings is 2. The van der Waals surface area contributed by atoms with Gasteiger partial charge in [0.15, 0.2) is 11.5 Å². The van der Waals surface area contributed by atoms with Gasteiger partial charge in [-0.05, 0) is 29.8 Å². The quantitative estimate of drug-likeness (QED) is 0.744. The molecular weight excluding hydrogens is 394 g/mol. The molecule has 1 heterocycles. The lowest BCUT2D eigenvalue weighted by atomic mass is 10.2. The van der Waals surface area contributed by atoms with E-state index in [9.17, 15) is 13.2 Å². The van der Waals surface area contributed by atoms with Crippen LogP contribution >= 0.6 is 23.2 Å². The molecule has 2 aromatic carbocycles. The number of alkyl halides is 3. The van der Waals surface area contributed by atoms with Gasteiger partial charge in [-0.1, -0.05) is 29.3 Å². The Bertz CT molecular complexity index is 782. The van der Waals surface area contributed by atoms with Gasteiger partial charge in [-0.25, -0.2) is 0 Å². The van der Waals surface area contributed by atoms with Crippen LogP contribution in [0.4, 0.5) is 13.2 Å². The molecule has 0 aromatic heterocycles. The normalized spacial score (nSPS) is 14.7. The Balaban J connectivity index is 1.68. The smallest absolute Gasteiger partial charge is 0.485 e. The zero-order valence-corrected chi connectivity index (χ0v) is 14.8. The van der Waals surface area contributed by atoms with Crippen LogP contribution in [-0.2, 0) is 6.61 Å². The van der Waals surface area contributed by atoms with Gasteiger partial charge in [0, 0.05) is 24.2 Å². The summed E-state index contributed by atoms with van der Waals surface area (Å²) >= 11 is 11.8. The van der Waals surface area contributed by atoms with Gasteiger partial charge < -0.3 is 19.5 Å². The number of hydrogen-bond acceptors (Lipinski definition) is 4. The molecule has 2 aromatic rings. The monoisotopic (exact) mass is 407 g/mol. The second-order valence-corrected chi connectivity index (χ2v) is 6.43. The van der Waals surface area contributed by atoms with Gasteiger partial charge in [0.05, 0.1) is 5.02 Å². The standard InChI is InChI=1S/C17H14Cl2F3NO3/c18-11-2-4-15(16(6-11)25-12-7-23-8-12)24-9-10-1-3-14(13(19)5-10)26-17(20,21)22/h1-6,12,23H,7-9H2. The average molecular weight is 408 g/mol. The molecule has 0 radical (unpaired) electrons. The molecule has 3 rings (SSSR count). The second kappa shape index (κ2) is 7.82. The Labute approximate surface area is 157 Å². The summed E-state index contributed by atoms with van der Waals surface area (Å²) in [5.41, 5.74) is 0.579. The van der Waals surface area contributed by atoms with E-state index in [4.69, 9.17) is 32.7 Å². The van der Waals surface area contributed by atoms with Crippen molar-refractivity contribution in [1.29, 1.82) is 0 Å². The molecule has 0 unspecified atom stereocenters. The fourth-order valence-electron chi connectivity index (χ4n) is 2.22. The van der Waals surface area contributed by atoms with E-state index in [0.29, 0.717) is 22.1 Å². The molecule has 4 nitrogen and oxygen atoms in total. The highest BCUT2D eigenvalue weighted by Crippen LogP contribution is 2.34. The molecule has 0 saturated carbocycles. The van der Waals surface area contributed by atoms with Gasteiger partial charge in [0.1, 0.15) is 18.5 Å². The van der Waals surface area contributed by atoms with Crippen molar-refractivity contribution in [1.82, 2.24) is 5.32 Å². The van der Waals surface area contributed by atoms with Crippen LogP contribution in [-0.4, -0.2) is 25.6 Å². The van der Waals surface area contributed by atoms with Crippen LogP contribution in [0.2, 0.25) is 10.0 Å². The number of hydrogen-bond donors (Lipinski definition) is 1. The summed E-state index contributed by atoms with van der Waals surface area (Å²) in [4.78, 5) is 0. The van der Waals surface area contributed by atoms with Crippen LogP contribution in [0.5, 0.6) is 17.2 Å². The number of halogens is 5. The molecule has 1 N–H and O–H groups in total. The van der Waals surface area contributed by atoms with Crippen molar-refractivity contribution in [2.45, 2.75) is 19.1 Å². The third-order valence-corrected chi connectivity index (χ3v) is 4.09. The van der Waals surface area contributed by atoms with E-state index in [1.807, 2.05) is 0 Å². The van der Waals surface area contributed by atoms with Gasteiger partial charge in [-0.3, -0.25) is 0 Å². The minimum Gasteiger partial charge on any atom is -0.485 e. The summed E-state index contributed by atoms with van der Waals surface area (Å²) in [5.74, 6) is 0.524. The number of ether oxygens (including phenoxy) is 3. The first-order valence-electron chi connectivity index (χ1n) is 7.64. The fourth-order valence-corrected chi connectivity index (χ4v) is 2.62. The van der Waals surface area contributed by atoms with Crippen LogP contribution in [0.1, 0.15) is 5.56 Å². The third-order valence-electron chi connectivity index (χ3n) is 3.56. The van der Waals surface area contributed by atoms with Crippen molar-refractivity contribution in [3.05, 3.63) is 52.0 Å². The van der Waals surface area contributed by atoms with Crippen molar-refractivity contribution < 1.29 is 27.4 Å². The Morgan fingerprint density at radius 3 is 2.35 bits per heavy atom. The van der Waals surface area contributed by atoms with Gasteiger partial charge in [0.2, 0.25) is 0 Å². The van der Waals surface area contributed by atoms with E-state index < -0.39 is 12.1 Å². The summed E-state index contributed by atoms with van der Waals surface area (Å²) in [6.07, 6.45) is -4.75. The van der Waals surface area contributed by atoms with E-state index in [0.717, 1.165) is 19.2 Å². The lowest BCUT2D eigenvalue weighted by Gasteiger charge is -2.28. The van der Waals surface area contributed by atoms with Gasteiger partial charge in [0.25, 0.3) is 0 Å². The molecule has 0 amide bonds. The van der Waals surface area contributed by atoms with Crippen LogP contribution in [0.25, 0.3) is 0 Å². The third kappa shape index (κ3) is 5.09. The molecule has 0 atom stereocenters. The number of nitrogens with one attached hydrogen (secondary N) is 1. The largest absolute Gasteiger partial charge is 0.573 e. The Hall–Kier alpha value is -1.83. The first kappa shape index (κ1) is 18.9. The van der Waals surface area contributed by atoms with Crippen molar-refractivity contribution in [2.24, 2.45) is 0 Å². The first-order valence-corrected chi connectivity index (χ1v) is 8.39. The highest BCUT2D eigenvalue weighted by molar-refractivity contribution is 6.32. The molecule has 1 fully saturated rings. The van der Waals surface area contributed by atoms with Crippen molar-refractivity contribution in [2.75, 3.05) is 13.1 Å². The fraction of sp³-hybridized carbons (Fsp3) is 0.294. The maximum absolute atomic E-state index is 12.3. The Morgan fingerprint density at radius 1 is 1.00 bits per heavy atom. The summed E-state index contributed by atoms with van der Waals surface area (Å²) in [5, 5.41) is 3.45. The topological polar surface area (TPSA) is 39.7 Å². The van der Waals surface area contributed by atoms with E-state index in [-0.39, 0.29) is 17.7 Å². The minimum atomic E-state index is -4.80. The van der Waals surface area contributed by atoms with Gasteiger partial charge in [-0.15, -0.1) is 13.2 Å². The molecule has 0 bridgehead atoms. The van der Waals surface area contributed by atoms with E-state index >= 15 is 0 Å². The van der Waals surface area contributed by atoms with Crippen molar-refractivity contribution in [3.63, 3.8) is 0 Å². The zero-order chi connectivity index (χ0) is 18.7. The van der Waals surface area contributed by atoms with Crippen molar-refractivity contribution in [3.8, 4) is 17.2 Å². The highest BCUT2D eigenvalue weighted by atomic mass is 35.5. The molecule has 9 heteroatoms. The van der Waals surface area contributed by atoms with Crippen molar-refractivity contribution >= 4 is 23.2 Å². The maximum Gasteiger partial charge on any atom is 0.573 e. The molecule has 26 heavy (non-hydrogen) atoms. The van der Waals surface area contributed by atoms with Crippen LogP contribution in [0.3, 0.4) is 0 Å². The summed E-state index contributed by atoms with van der Waals surface area (Å²) < 4.78 is 52.2. The summed E-state index contributed by atoms with van der Waals surface area (Å²) in [6, 6.07) is 8.94. The molecule has 0 spiro atoms. The van der Waals surface area contributed by atoms with Crippen LogP contribution in [0.15, 0.2) is 36.4 Å². The second-order valence-electron chi connectivity index (χ2n) is 5.59.